The van der Waals surface area contributed by atoms with Crippen molar-refractivity contribution in [2.75, 3.05) is 6.54 Å². The van der Waals surface area contributed by atoms with Gasteiger partial charge in [-0.15, -0.1) is 0 Å². The molecule has 2 aromatic rings. The molecule has 4 heteroatoms. The highest BCUT2D eigenvalue weighted by molar-refractivity contribution is 6.42. The first-order valence-electron chi connectivity index (χ1n) is 8.21. The van der Waals surface area contributed by atoms with Crippen molar-refractivity contribution < 1.29 is 4.79 Å². The van der Waals surface area contributed by atoms with E-state index in [1.165, 1.54) is 11.1 Å². The van der Waals surface area contributed by atoms with Crippen molar-refractivity contribution in [1.82, 2.24) is 4.90 Å². The molecule has 1 aliphatic rings. The second-order valence-electron chi connectivity index (χ2n) is 6.85. The number of rotatable bonds is 2. The maximum atomic E-state index is 13.2. The van der Waals surface area contributed by atoms with E-state index < -0.39 is 5.41 Å². The van der Waals surface area contributed by atoms with Crippen molar-refractivity contribution in [3.63, 3.8) is 0 Å². The van der Waals surface area contributed by atoms with Crippen molar-refractivity contribution in [3.05, 3.63) is 69.2 Å². The summed E-state index contributed by atoms with van der Waals surface area (Å²) in [6.45, 7) is 5.34. The van der Waals surface area contributed by atoms with Crippen molar-refractivity contribution >= 4 is 29.1 Å². The standard InChI is InChI=1S/C20H21Cl2NO/c1-20(2,16-9-10-17(21)18(22)12-16)19(24)23-11-5-8-14-6-3-4-7-15(14)13-23/h3-4,6-7,9-10,12H,5,8,11,13H2,1-2H3. The fourth-order valence-corrected chi connectivity index (χ4v) is 3.58. The molecular formula is C20H21Cl2NO. The molecule has 0 atom stereocenters. The third kappa shape index (κ3) is 3.31. The van der Waals surface area contributed by atoms with Crippen LogP contribution >= 0.6 is 23.2 Å². The molecule has 0 saturated carbocycles. The fourth-order valence-electron chi connectivity index (χ4n) is 3.28. The summed E-state index contributed by atoms with van der Waals surface area (Å²) in [5.74, 6) is 0.123. The van der Waals surface area contributed by atoms with Gasteiger partial charge in [-0.2, -0.15) is 0 Å². The lowest BCUT2D eigenvalue weighted by Gasteiger charge is -2.32. The van der Waals surface area contributed by atoms with E-state index in [1.807, 2.05) is 30.9 Å². The zero-order valence-electron chi connectivity index (χ0n) is 14.0. The van der Waals surface area contributed by atoms with Crippen LogP contribution in [-0.4, -0.2) is 17.4 Å². The minimum Gasteiger partial charge on any atom is -0.338 e. The van der Waals surface area contributed by atoms with E-state index >= 15 is 0 Å². The fraction of sp³-hybridized carbons (Fsp3) is 0.350. The Labute approximate surface area is 153 Å². The van der Waals surface area contributed by atoms with E-state index in [0.29, 0.717) is 16.6 Å². The van der Waals surface area contributed by atoms with E-state index in [-0.39, 0.29) is 5.91 Å². The van der Waals surface area contributed by atoms with Crippen LogP contribution in [0.2, 0.25) is 10.0 Å². The van der Waals surface area contributed by atoms with Gasteiger partial charge < -0.3 is 4.90 Å². The highest BCUT2D eigenvalue weighted by Crippen LogP contribution is 2.32. The summed E-state index contributed by atoms with van der Waals surface area (Å²) in [6.07, 6.45) is 2.01. The van der Waals surface area contributed by atoms with Gasteiger partial charge in [-0.1, -0.05) is 53.5 Å². The number of fused-ring (bicyclic) bond motifs is 1. The topological polar surface area (TPSA) is 20.3 Å². The molecule has 0 fully saturated rings. The molecule has 0 unspecified atom stereocenters. The van der Waals surface area contributed by atoms with Crippen LogP contribution < -0.4 is 0 Å². The molecule has 0 saturated heterocycles. The lowest BCUT2D eigenvalue weighted by atomic mass is 9.83. The number of nitrogens with zero attached hydrogens (tertiary/aromatic N) is 1. The Balaban J connectivity index is 1.88. The summed E-state index contributed by atoms with van der Waals surface area (Å²) < 4.78 is 0. The molecule has 24 heavy (non-hydrogen) atoms. The van der Waals surface area contributed by atoms with Crippen LogP contribution in [0.15, 0.2) is 42.5 Å². The maximum absolute atomic E-state index is 13.2. The second-order valence-corrected chi connectivity index (χ2v) is 7.67. The minimum atomic E-state index is -0.645. The maximum Gasteiger partial charge on any atom is 0.232 e. The molecule has 2 aromatic carbocycles. The van der Waals surface area contributed by atoms with Crippen molar-refractivity contribution in [3.8, 4) is 0 Å². The molecular weight excluding hydrogens is 341 g/mol. The van der Waals surface area contributed by atoms with Gasteiger partial charge in [-0.3, -0.25) is 4.79 Å². The lowest BCUT2D eigenvalue weighted by molar-refractivity contribution is -0.136. The Kier molecular flexibility index (Phi) is 4.89. The number of carbonyl (C=O) groups excluding carboxylic acids is 1. The highest BCUT2D eigenvalue weighted by atomic mass is 35.5. The smallest absolute Gasteiger partial charge is 0.232 e. The minimum absolute atomic E-state index is 0.123. The largest absolute Gasteiger partial charge is 0.338 e. The first kappa shape index (κ1) is 17.3. The number of benzene rings is 2. The summed E-state index contributed by atoms with van der Waals surface area (Å²) in [4.78, 5) is 15.2. The van der Waals surface area contributed by atoms with Crippen LogP contribution in [0.1, 0.15) is 37.0 Å². The SMILES string of the molecule is CC(C)(C(=O)N1CCCc2ccccc2C1)c1ccc(Cl)c(Cl)c1. The van der Waals surface area contributed by atoms with Gasteiger partial charge in [0.15, 0.2) is 0 Å². The number of halogens is 2. The average Bonchev–Trinajstić information content (AvgIpc) is 2.78. The quantitative estimate of drug-likeness (QED) is 0.715. The average molecular weight is 362 g/mol. The molecule has 3 rings (SSSR count). The Bertz CT molecular complexity index is 770. The lowest BCUT2D eigenvalue weighted by Crippen LogP contribution is -2.43. The zero-order chi connectivity index (χ0) is 17.3. The van der Waals surface area contributed by atoms with E-state index in [1.54, 1.807) is 12.1 Å². The van der Waals surface area contributed by atoms with Crippen molar-refractivity contribution in [2.24, 2.45) is 0 Å². The van der Waals surface area contributed by atoms with Crippen LogP contribution in [-0.2, 0) is 23.2 Å². The molecule has 126 valence electrons. The van der Waals surface area contributed by atoms with Gasteiger partial charge in [0, 0.05) is 13.1 Å². The predicted molar refractivity (Wildman–Crippen MR) is 99.7 cm³/mol. The Morgan fingerprint density at radius 3 is 2.46 bits per heavy atom. The second kappa shape index (κ2) is 6.78. The van der Waals surface area contributed by atoms with Gasteiger partial charge in [0.25, 0.3) is 0 Å². The molecule has 0 aromatic heterocycles. The molecule has 0 spiro atoms. The Morgan fingerprint density at radius 1 is 1.04 bits per heavy atom. The number of hydrogen-bond acceptors (Lipinski definition) is 1. The normalized spacial score (nSPS) is 14.9. The molecule has 1 heterocycles. The van der Waals surface area contributed by atoms with Crippen LogP contribution in [0.25, 0.3) is 0 Å². The van der Waals surface area contributed by atoms with Gasteiger partial charge in [0.2, 0.25) is 5.91 Å². The summed E-state index contributed by atoms with van der Waals surface area (Å²) in [6, 6.07) is 13.8. The summed E-state index contributed by atoms with van der Waals surface area (Å²) in [5, 5.41) is 0.989. The highest BCUT2D eigenvalue weighted by Gasteiger charge is 2.34. The molecule has 1 aliphatic heterocycles. The predicted octanol–water partition coefficient (Wildman–Crippen LogP) is 5.25. The van der Waals surface area contributed by atoms with E-state index in [0.717, 1.165) is 24.9 Å². The van der Waals surface area contributed by atoms with Crippen LogP contribution in [0, 0.1) is 0 Å². The van der Waals surface area contributed by atoms with Crippen LogP contribution in [0.5, 0.6) is 0 Å². The van der Waals surface area contributed by atoms with E-state index in [2.05, 4.69) is 18.2 Å². The van der Waals surface area contributed by atoms with Crippen LogP contribution in [0.3, 0.4) is 0 Å². The van der Waals surface area contributed by atoms with Crippen LogP contribution in [0.4, 0.5) is 0 Å². The molecule has 0 bridgehead atoms. The monoisotopic (exact) mass is 361 g/mol. The molecule has 2 nitrogen and oxygen atoms in total. The zero-order valence-corrected chi connectivity index (χ0v) is 15.5. The number of amides is 1. The molecule has 1 amide bonds. The van der Waals surface area contributed by atoms with Gasteiger partial charge in [0.1, 0.15) is 0 Å². The number of aryl methyl sites for hydroxylation is 1. The summed E-state index contributed by atoms with van der Waals surface area (Å²) >= 11 is 12.2. The Hall–Kier alpha value is -1.51. The Morgan fingerprint density at radius 2 is 1.75 bits per heavy atom. The van der Waals surface area contributed by atoms with E-state index in [9.17, 15) is 4.79 Å². The van der Waals surface area contributed by atoms with Crippen molar-refractivity contribution in [2.45, 2.75) is 38.6 Å². The van der Waals surface area contributed by atoms with Gasteiger partial charge in [-0.25, -0.2) is 0 Å². The van der Waals surface area contributed by atoms with Gasteiger partial charge in [-0.05, 0) is 55.5 Å². The first-order valence-corrected chi connectivity index (χ1v) is 8.97. The number of carbonyl (C=O) groups is 1. The molecule has 0 N–H and O–H groups in total. The van der Waals surface area contributed by atoms with Gasteiger partial charge >= 0.3 is 0 Å². The molecule has 0 aliphatic carbocycles. The third-order valence-corrected chi connectivity index (χ3v) is 5.56. The third-order valence-electron chi connectivity index (χ3n) is 4.82. The first-order chi connectivity index (χ1) is 11.4. The van der Waals surface area contributed by atoms with Gasteiger partial charge in [0.05, 0.1) is 15.5 Å². The summed E-state index contributed by atoms with van der Waals surface area (Å²) in [7, 11) is 0. The number of hydrogen-bond donors (Lipinski definition) is 0. The van der Waals surface area contributed by atoms with Crippen molar-refractivity contribution in [1.29, 1.82) is 0 Å². The van der Waals surface area contributed by atoms with E-state index in [4.69, 9.17) is 23.2 Å². The summed E-state index contributed by atoms with van der Waals surface area (Å²) in [5.41, 5.74) is 2.83. The molecule has 0 radical (unpaired) electrons.